The van der Waals surface area contributed by atoms with Crippen LogP contribution in [-0.2, 0) is 4.79 Å². The van der Waals surface area contributed by atoms with E-state index in [0.717, 1.165) is 16.5 Å². The molecule has 5 aromatic rings. The molecule has 0 aliphatic rings. The minimum atomic E-state index is -0.301. The van der Waals surface area contributed by atoms with Crippen LogP contribution in [0.2, 0.25) is 0 Å². The molecule has 3 heterocycles. The number of furan rings is 1. The minimum absolute atomic E-state index is 0.131. The molecule has 3 aromatic heterocycles. The molecule has 33 heavy (non-hydrogen) atoms. The van der Waals surface area contributed by atoms with Gasteiger partial charge in [0.05, 0.1) is 7.11 Å². The van der Waals surface area contributed by atoms with E-state index in [1.807, 2.05) is 24.3 Å². The summed E-state index contributed by atoms with van der Waals surface area (Å²) in [4.78, 5) is 28.7. The van der Waals surface area contributed by atoms with Crippen LogP contribution in [0.5, 0.6) is 5.88 Å². The summed E-state index contributed by atoms with van der Waals surface area (Å²) in [5.74, 6) is 0.103. The maximum absolute atomic E-state index is 12.9. The first-order chi connectivity index (χ1) is 16.1. The Morgan fingerprint density at radius 3 is 2.48 bits per heavy atom. The van der Waals surface area contributed by atoms with Crippen LogP contribution in [-0.4, -0.2) is 28.4 Å². The quantitative estimate of drug-likeness (QED) is 0.374. The van der Waals surface area contributed by atoms with E-state index in [0.29, 0.717) is 33.9 Å². The minimum Gasteiger partial charge on any atom is -0.481 e. The maximum Gasteiger partial charge on any atom is 0.255 e. The van der Waals surface area contributed by atoms with Crippen molar-refractivity contribution in [3.8, 4) is 22.7 Å². The molecule has 0 unspecified atom stereocenters. The summed E-state index contributed by atoms with van der Waals surface area (Å²) in [5, 5.41) is 3.49. The number of benzene rings is 2. The van der Waals surface area contributed by atoms with Crippen LogP contribution in [0.15, 0.2) is 82.1 Å². The fourth-order valence-corrected chi connectivity index (χ4v) is 3.84. The number of methoxy groups -OCH3 is 1. The Morgan fingerprint density at radius 1 is 1.03 bits per heavy atom. The average molecular weight is 460 g/mol. The van der Waals surface area contributed by atoms with E-state index in [1.54, 1.807) is 54.3 Å². The first-order valence-electron chi connectivity index (χ1n) is 10.1. The van der Waals surface area contributed by atoms with Gasteiger partial charge in [-0.1, -0.05) is 6.07 Å². The van der Waals surface area contributed by atoms with E-state index in [9.17, 15) is 9.59 Å². The van der Waals surface area contributed by atoms with Crippen LogP contribution in [0.1, 0.15) is 0 Å². The number of anilines is 1. The average Bonchev–Trinajstić information content (AvgIpc) is 3.22. The van der Waals surface area contributed by atoms with Crippen molar-refractivity contribution >= 4 is 45.3 Å². The Morgan fingerprint density at radius 2 is 1.79 bits per heavy atom. The summed E-state index contributed by atoms with van der Waals surface area (Å²) in [5.41, 5.74) is 4.82. The van der Waals surface area contributed by atoms with Gasteiger partial charge < -0.3 is 14.5 Å². The Bertz CT molecular complexity index is 1540. The first-order valence-corrected chi connectivity index (χ1v) is 10.7. The summed E-state index contributed by atoms with van der Waals surface area (Å²) in [6, 6.07) is 19.7. The van der Waals surface area contributed by atoms with Gasteiger partial charge in [-0.25, -0.2) is 4.98 Å². The van der Waals surface area contributed by atoms with Crippen molar-refractivity contribution in [1.82, 2.24) is 9.55 Å². The lowest BCUT2D eigenvalue weighted by molar-refractivity contribution is -0.113. The number of nitrogens with zero attached hydrogens (tertiary/aromatic N) is 2. The highest BCUT2D eigenvalue weighted by Crippen LogP contribution is 2.33. The lowest BCUT2D eigenvalue weighted by Gasteiger charge is -2.09. The van der Waals surface area contributed by atoms with Crippen molar-refractivity contribution in [2.45, 2.75) is 0 Å². The van der Waals surface area contributed by atoms with Crippen LogP contribution >= 0.6 is 11.6 Å². The second kappa shape index (κ2) is 8.44. The monoisotopic (exact) mass is 459 g/mol. The number of nitrogens with one attached hydrogen (secondary N) is 1. The van der Waals surface area contributed by atoms with Crippen molar-refractivity contribution in [2.75, 3.05) is 18.3 Å². The molecule has 164 valence electrons. The highest BCUT2D eigenvalue weighted by molar-refractivity contribution is 6.29. The molecule has 7 nitrogen and oxygen atoms in total. The number of halogens is 1. The molecule has 0 bridgehead atoms. The molecule has 5 rings (SSSR count). The third-order valence-corrected chi connectivity index (χ3v) is 5.56. The number of carbonyl (C=O) groups excluding carboxylic acids is 1. The molecule has 0 aliphatic heterocycles. The zero-order valence-electron chi connectivity index (χ0n) is 17.5. The highest BCUT2D eigenvalue weighted by atomic mass is 35.5. The first kappa shape index (κ1) is 20.8. The number of alkyl halides is 1. The summed E-state index contributed by atoms with van der Waals surface area (Å²) in [6.45, 7) is 0. The van der Waals surface area contributed by atoms with Crippen molar-refractivity contribution < 1.29 is 13.9 Å². The van der Waals surface area contributed by atoms with Crippen molar-refractivity contribution in [3.63, 3.8) is 0 Å². The standard InChI is InChI=1S/C25H18ClN3O4/c1-32-23-10-3-16(14-27-23)15-2-8-20-19(12-15)25-21(33-20)9-11-24(31)29(25)18-6-4-17(5-7-18)28-22(30)13-26/h2-12,14H,13H2,1H3,(H,28,30). The number of rotatable bonds is 5. The Kier molecular flexibility index (Phi) is 5.32. The van der Waals surface area contributed by atoms with Gasteiger partial charge in [0, 0.05) is 40.7 Å². The van der Waals surface area contributed by atoms with Crippen LogP contribution in [0, 0.1) is 0 Å². The number of hydrogen-bond acceptors (Lipinski definition) is 5. The van der Waals surface area contributed by atoms with E-state index < -0.39 is 0 Å². The van der Waals surface area contributed by atoms with Crippen molar-refractivity contribution in [1.29, 1.82) is 0 Å². The smallest absolute Gasteiger partial charge is 0.255 e. The Balaban J connectivity index is 1.66. The van der Waals surface area contributed by atoms with Crippen LogP contribution in [0.4, 0.5) is 5.69 Å². The number of amides is 1. The predicted molar refractivity (Wildman–Crippen MR) is 128 cm³/mol. The normalized spacial score (nSPS) is 11.1. The summed E-state index contributed by atoms with van der Waals surface area (Å²) >= 11 is 5.55. The molecular formula is C25H18ClN3O4. The third kappa shape index (κ3) is 3.83. The second-order valence-corrected chi connectivity index (χ2v) is 7.62. The van der Waals surface area contributed by atoms with E-state index in [2.05, 4.69) is 10.3 Å². The number of pyridine rings is 2. The van der Waals surface area contributed by atoms with Gasteiger partial charge in [0.15, 0.2) is 5.58 Å². The molecule has 0 fully saturated rings. The van der Waals surface area contributed by atoms with E-state index in [-0.39, 0.29) is 17.3 Å². The van der Waals surface area contributed by atoms with Gasteiger partial charge in [0.2, 0.25) is 11.8 Å². The number of hydrogen-bond donors (Lipinski definition) is 1. The van der Waals surface area contributed by atoms with E-state index >= 15 is 0 Å². The van der Waals surface area contributed by atoms with E-state index in [1.165, 1.54) is 6.07 Å². The fraction of sp³-hybridized carbons (Fsp3) is 0.0800. The molecule has 0 saturated carbocycles. The lowest BCUT2D eigenvalue weighted by atomic mass is 10.1. The Labute approximate surface area is 193 Å². The summed E-state index contributed by atoms with van der Waals surface area (Å²) < 4.78 is 12.8. The van der Waals surface area contributed by atoms with Gasteiger partial charge in [0.1, 0.15) is 17.0 Å². The zero-order chi connectivity index (χ0) is 22.9. The number of ether oxygens (including phenoxy) is 1. The van der Waals surface area contributed by atoms with Gasteiger partial charge in [-0.15, -0.1) is 11.6 Å². The van der Waals surface area contributed by atoms with Gasteiger partial charge >= 0.3 is 0 Å². The predicted octanol–water partition coefficient (Wildman–Crippen LogP) is 4.98. The molecular weight excluding hydrogens is 442 g/mol. The third-order valence-electron chi connectivity index (χ3n) is 5.32. The highest BCUT2D eigenvalue weighted by Gasteiger charge is 2.15. The SMILES string of the molecule is COc1ccc(-c2ccc3oc4ccc(=O)n(-c5ccc(NC(=O)CCl)cc5)c4c3c2)cn1. The van der Waals surface area contributed by atoms with Crippen LogP contribution in [0.25, 0.3) is 38.9 Å². The van der Waals surface area contributed by atoms with Crippen LogP contribution < -0.4 is 15.6 Å². The lowest BCUT2D eigenvalue weighted by Crippen LogP contribution is -2.17. The molecule has 8 heteroatoms. The van der Waals surface area contributed by atoms with Gasteiger partial charge in [-0.2, -0.15) is 0 Å². The second-order valence-electron chi connectivity index (χ2n) is 7.35. The van der Waals surface area contributed by atoms with Crippen molar-refractivity contribution in [2.24, 2.45) is 0 Å². The molecule has 0 spiro atoms. The topological polar surface area (TPSA) is 86.4 Å². The molecule has 2 aromatic carbocycles. The number of fused-ring (bicyclic) bond motifs is 3. The largest absolute Gasteiger partial charge is 0.481 e. The molecule has 0 radical (unpaired) electrons. The molecule has 1 N–H and O–H groups in total. The molecule has 0 atom stereocenters. The molecule has 0 aliphatic carbocycles. The number of aromatic nitrogens is 2. The van der Waals surface area contributed by atoms with Crippen LogP contribution in [0.3, 0.4) is 0 Å². The molecule has 1 amide bonds. The fourth-order valence-electron chi connectivity index (χ4n) is 3.77. The zero-order valence-corrected chi connectivity index (χ0v) is 18.3. The van der Waals surface area contributed by atoms with Crippen molar-refractivity contribution in [3.05, 3.63) is 83.3 Å². The van der Waals surface area contributed by atoms with Gasteiger partial charge in [-0.05, 0) is 54.1 Å². The van der Waals surface area contributed by atoms with Gasteiger partial charge in [0.25, 0.3) is 5.56 Å². The van der Waals surface area contributed by atoms with Gasteiger partial charge in [-0.3, -0.25) is 14.2 Å². The number of carbonyl (C=O) groups is 1. The Hall–Kier alpha value is -4.10. The summed E-state index contributed by atoms with van der Waals surface area (Å²) in [7, 11) is 1.57. The van der Waals surface area contributed by atoms with E-state index in [4.69, 9.17) is 20.8 Å². The summed E-state index contributed by atoms with van der Waals surface area (Å²) in [6.07, 6.45) is 1.74. The molecule has 0 saturated heterocycles. The maximum atomic E-state index is 12.9.